The minimum absolute atomic E-state index is 0.0230. The van der Waals surface area contributed by atoms with Gasteiger partial charge in [0.1, 0.15) is 34.5 Å². The Hall–Kier alpha value is -8.97. The first-order valence-corrected chi connectivity index (χ1v) is 30.0. The molecule has 0 unspecified atom stereocenters. The van der Waals surface area contributed by atoms with E-state index in [-0.39, 0.29) is 61.0 Å². The molecule has 2 amide bonds. The molecule has 3 aromatic heterocycles. The zero-order valence-electron chi connectivity index (χ0n) is 47.2. The number of methoxy groups -OCH3 is 2. The number of azo groups is 2. The Bertz CT molecular complexity index is 3890. The number of ether oxygens (including phenoxy) is 2. The normalized spacial score (nSPS) is 11.9. The van der Waals surface area contributed by atoms with Crippen molar-refractivity contribution < 1.29 is 50.4 Å². The smallest absolute Gasteiger partial charge is 0.313 e. The number of carbonyl (C=O) groups is 4. The molecule has 0 aliphatic carbocycles. The Morgan fingerprint density at radius 3 is 1.58 bits per heavy atom. The first kappa shape index (κ1) is 63.6. The average molecular weight is 1240 g/mol. The van der Waals surface area contributed by atoms with Gasteiger partial charge in [-0.3, -0.25) is 23.7 Å². The van der Waals surface area contributed by atoms with E-state index in [0.717, 1.165) is 42.5 Å². The molecule has 0 aliphatic rings. The lowest BCUT2D eigenvalue weighted by molar-refractivity contribution is -0.120. The van der Waals surface area contributed by atoms with Crippen LogP contribution in [0.15, 0.2) is 121 Å². The van der Waals surface area contributed by atoms with Crippen LogP contribution >= 0.6 is 34.4 Å². The van der Waals surface area contributed by atoms with Gasteiger partial charge in [0, 0.05) is 55.9 Å². The van der Waals surface area contributed by atoms with Crippen LogP contribution in [0.4, 0.5) is 76.4 Å². The van der Waals surface area contributed by atoms with Crippen LogP contribution in [0.3, 0.4) is 0 Å². The molecule has 444 valence electrons. The number of nitrogens with zero attached hydrogens (tertiary/aromatic N) is 11. The minimum Gasteiger partial charge on any atom is -0.494 e. The summed E-state index contributed by atoms with van der Waals surface area (Å²) in [5.74, 6) is -2.77. The van der Waals surface area contributed by atoms with Crippen LogP contribution in [0, 0.1) is 11.6 Å². The number of hydrogen-bond acceptors (Lipinski definition) is 24. The van der Waals surface area contributed by atoms with Crippen LogP contribution in [0.5, 0.6) is 11.5 Å². The van der Waals surface area contributed by atoms with Crippen molar-refractivity contribution in [1.82, 2.24) is 24.9 Å². The molecule has 0 saturated carbocycles. The highest BCUT2D eigenvalue weighted by atomic mass is 32.2. The molecular formula is C55H57F2N15O9S4. The number of thioether (sulfide) groups is 1. The van der Waals surface area contributed by atoms with Crippen molar-refractivity contribution in [3.63, 3.8) is 0 Å². The van der Waals surface area contributed by atoms with Gasteiger partial charge in [-0.05, 0) is 108 Å². The summed E-state index contributed by atoms with van der Waals surface area (Å²) in [4.78, 5) is 78.6. The molecule has 30 heteroatoms. The van der Waals surface area contributed by atoms with Gasteiger partial charge in [0.05, 0.1) is 57.9 Å². The van der Waals surface area contributed by atoms with Crippen LogP contribution in [-0.4, -0.2) is 107 Å². The number of ketones is 2. The number of hydrogen-bond donors (Lipinski definition) is 5. The van der Waals surface area contributed by atoms with E-state index in [9.17, 15) is 40.9 Å². The lowest BCUT2D eigenvalue weighted by Gasteiger charge is -2.25. The van der Waals surface area contributed by atoms with Gasteiger partial charge in [-0.1, -0.05) is 53.5 Å². The number of thiazole rings is 2. The predicted molar refractivity (Wildman–Crippen MR) is 326 cm³/mol. The quantitative estimate of drug-likeness (QED) is 0.00798. The van der Waals surface area contributed by atoms with Crippen LogP contribution < -0.4 is 40.5 Å². The molecule has 0 radical (unpaired) electrons. The molecule has 0 bridgehead atoms. The standard InChI is InChI=1S/C55H57F2N15O9S4/c1-10-71(11-2)43-25-39(41(27-45(43)80-8)67-69-53-58-29-36(83-53)23-37(30(6)73)48(75)59-34-19-15-17-32(56)21-34)61-51-64-52(66-54(65-51)82-14-5)62-40-26-44(72(12-3)13-4)46(81-9)28-42(40)68-70-55-63-50(85(77,78)79)47(84-55)24-38(31(7)74)49(76)60-35-20-16-18-33(57)22-35/h15-29H,10-14H2,1-9H3,(H,59,75)(H,60,76)(H,77,78,79)(H2,61,62,64,65,66)/b37-23+,38-24-,69-67?,70-68?. The summed E-state index contributed by atoms with van der Waals surface area (Å²) >= 11 is 2.95. The summed E-state index contributed by atoms with van der Waals surface area (Å²) in [7, 11) is -2.08. The second-order valence-electron chi connectivity index (χ2n) is 17.6. The molecule has 3 heterocycles. The third-order valence-corrected chi connectivity index (χ3v) is 15.4. The van der Waals surface area contributed by atoms with E-state index in [4.69, 9.17) is 24.4 Å². The molecule has 0 fully saturated rings. The van der Waals surface area contributed by atoms with Crippen molar-refractivity contribution >= 4 is 148 Å². The molecule has 4 aromatic carbocycles. The molecule has 7 rings (SSSR count). The van der Waals surface area contributed by atoms with Gasteiger partial charge in [0.15, 0.2) is 16.7 Å². The molecule has 0 atom stereocenters. The Labute approximate surface area is 499 Å². The van der Waals surface area contributed by atoms with E-state index < -0.39 is 55.7 Å². The largest absolute Gasteiger partial charge is 0.494 e. The summed E-state index contributed by atoms with van der Waals surface area (Å²) in [6.07, 6.45) is 3.72. The number of anilines is 8. The number of aromatic nitrogens is 5. The average Bonchev–Trinajstić information content (AvgIpc) is 2.67. The molecule has 0 saturated heterocycles. The van der Waals surface area contributed by atoms with E-state index in [2.05, 4.69) is 56.6 Å². The number of rotatable bonds is 27. The third-order valence-electron chi connectivity index (χ3n) is 12.0. The topological polar surface area (TPSA) is 310 Å². The van der Waals surface area contributed by atoms with Gasteiger partial charge < -0.3 is 40.5 Å². The highest BCUT2D eigenvalue weighted by Gasteiger charge is 2.26. The fourth-order valence-corrected chi connectivity index (χ4v) is 11.0. The van der Waals surface area contributed by atoms with Gasteiger partial charge in [0.2, 0.25) is 27.2 Å². The maximum absolute atomic E-state index is 13.9. The number of nitrogens with one attached hydrogen (secondary N) is 4. The van der Waals surface area contributed by atoms with Crippen molar-refractivity contribution in [1.29, 1.82) is 0 Å². The number of halogens is 2. The molecule has 0 aliphatic heterocycles. The van der Waals surface area contributed by atoms with E-state index in [0.29, 0.717) is 81.9 Å². The van der Waals surface area contributed by atoms with Crippen molar-refractivity contribution in [2.45, 2.75) is 58.6 Å². The number of carbonyl (C=O) groups excluding carboxylic acids is 4. The molecule has 0 spiro atoms. The Kier molecular flexibility index (Phi) is 21.7. The SMILES string of the molecule is CCSc1nc(Nc2cc(N(CC)CC)c(OC)cc2N=Nc2ncc(/C=C(\C(C)=O)C(=O)Nc3cccc(F)c3)s2)nc(Nc2cc(N(CC)CC)c(OC)cc2N=Nc2nc(S(=O)(=O)O)c(/C=C(/C(C)=O)C(=O)Nc3cccc(F)c3)s2)n1. The van der Waals surface area contributed by atoms with Gasteiger partial charge in [0.25, 0.3) is 11.8 Å². The van der Waals surface area contributed by atoms with Crippen LogP contribution in [0.2, 0.25) is 0 Å². The monoisotopic (exact) mass is 1240 g/mol. The highest BCUT2D eigenvalue weighted by molar-refractivity contribution is 7.99. The van der Waals surface area contributed by atoms with Crippen LogP contribution in [0.1, 0.15) is 58.2 Å². The fraction of sp³-hybridized carbons (Fsp3) is 0.255. The molecule has 85 heavy (non-hydrogen) atoms. The second-order valence-corrected chi connectivity index (χ2v) is 22.2. The van der Waals surface area contributed by atoms with Gasteiger partial charge in [-0.25, -0.2) is 18.7 Å². The third kappa shape index (κ3) is 16.6. The van der Waals surface area contributed by atoms with Gasteiger partial charge in [-0.15, -0.1) is 20.5 Å². The molecule has 7 aromatic rings. The van der Waals surface area contributed by atoms with Crippen LogP contribution in [-0.2, 0) is 29.3 Å². The summed E-state index contributed by atoms with van der Waals surface area (Å²) in [5, 5.41) is 28.4. The fourth-order valence-electron chi connectivity index (χ4n) is 8.00. The number of amides is 2. The summed E-state index contributed by atoms with van der Waals surface area (Å²) in [5.41, 5.74) is 1.83. The van der Waals surface area contributed by atoms with Gasteiger partial charge >= 0.3 is 10.1 Å². The van der Waals surface area contributed by atoms with Crippen molar-refractivity contribution in [3.05, 3.63) is 112 Å². The minimum atomic E-state index is -5.08. The summed E-state index contributed by atoms with van der Waals surface area (Å²) in [6.45, 7) is 14.5. The predicted octanol–water partition coefficient (Wildman–Crippen LogP) is 12.7. The van der Waals surface area contributed by atoms with Crippen molar-refractivity contribution in [3.8, 4) is 11.5 Å². The number of benzene rings is 4. The van der Waals surface area contributed by atoms with Crippen LogP contribution in [0.25, 0.3) is 12.2 Å². The number of Topliss-reactive ketones (excluding diaryl/α,β-unsaturated/α-hetero) is 2. The Morgan fingerprint density at radius 2 is 1.14 bits per heavy atom. The molecular weight excluding hydrogens is 1180 g/mol. The maximum Gasteiger partial charge on any atom is 0.313 e. The maximum atomic E-state index is 13.9. The van der Waals surface area contributed by atoms with E-state index in [1.54, 1.807) is 18.2 Å². The van der Waals surface area contributed by atoms with E-state index in [1.807, 2.05) is 45.6 Å². The van der Waals surface area contributed by atoms with Gasteiger partial charge in [-0.2, -0.15) is 23.4 Å². The lowest BCUT2D eigenvalue weighted by Crippen LogP contribution is -2.22. The zero-order valence-corrected chi connectivity index (χ0v) is 50.5. The first-order valence-electron chi connectivity index (χ1n) is 25.9. The Balaban J connectivity index is 1.27. The Morgan fingerprint density at radius 1 is 0.659 bits per heavy atom. The van der Waals surface area contributed by atoms with E-state index in [1.165, 1.54) is 75.5 Å². The van der Waals surface area contributed by atoms with E-state index >= 15 is 0 Å². The lowest BCUT2D eigenvalue weighted by atomic mass is 10.1. The first-order chi connectivity index (χ1) is 40.7. The second kappa shape index (κ2) is 29.0. The molecule has 24 nitrogen and oxygen atoms in total. The highest BCUT2D eigenvalue weighted by Crippen LogP contribution is 2.43. The zero-order chi connectivity index (χ0) is 61.5. The summed E-state index contributed by atoms with van der Waals surface area (Å²) < 4.78 is 75.1. The molecule has 5 N–H and O–H groups in total. The summed E-state index contributed by atoms with van der Waals surface area (Å²) in [6, 6.07) is 17.0. The van der Waals surface area contributed by atoms with Crippen molar-refractivity contribution in [2.24, 2.45) is 20.5 Å². The van der Waals surface area contributed by atoms with Crippen molar-refractivity contribution in [2.75, 3.05) is 77.2 Å².